The maximum Gasteiger partial charge on any atom is 0.280 e. The molecule has 0 spiro atoms. The molecule has 1 aromatic carbocycles. The molecule has 0 aliphatic rings. The van der Waals surface area contributed by atoms with E-state index in [1.165, 1.54) is 18.2 Å². The topological polar surface area (TPSA) is 122 Å². The lowest BCUT2D eigenvalue weighted by Crippen LogP contribution is -2.30. The van der Waals surface area contributed by atoms with Gasteiger partial charge >= 0.3 is 0 Å². The lowest BCUT2D eigenvalue weighted by atomic mass is 10.1. The minimum absolute atomic E-state index is 0.0177. The van der Waals surface area contributed by atoms with Crippen LogP contribution in [-0.4, -0.2) is 39.8 Å². The summed E-state index contributed by atoms with van der Waals surface area (Å²) in [5, 5.41) is 14.3. The van der Waals surface area contributed by atoms with Crippen molar-refractivity contribution in [2.45, 2.75) is 26.3 Å². The number of fused-ring (bicyclic) bond motifs is 2. The van der Waals surface area contributed by atoms with E-state index in [2.05, 4.69) is 10.1 Å². The van der Waals surface area contributed by atoms with Crippen LogP contribution in [0.25, 0.3) is 21.8 Å². The standard InChI is InChI=1S/C17H18ClN3O5S/c1-2-3-7-27(25,26)8-6-21-17(24)13-14(16(23)20-21)19-12-9-10(18)4-5-11(12)15(13)22/h4-5,9H,2-3,6-8H2,1H3,(H,19,22)(H,20,23). The Kier molecular flexibility index (Phi) is 5.25. The summed E-state index contributed by atoms with van der Waals surface area (Å²) in [5.41, 5.74) is -1.09. The van der Waals surface area contributed by atoms with Gasteiger partial charge in [0.1, 0.15) is 10.9 Å². The molecule has 2 heterocycles. The number of unbranched alkanes of at least 4 members (excludes halogenated alkanes) is 1. The molecular formula is C17H18ClN3O5S. The number of benzene rings is 1. The first-order valence-corrected chi connectivity index (χ1v) is 10.6. The third-order valence-corrected chi connectivity index (χ3v) is 6.22. The van der Waals surface area contributed by atoms with Gasteiger partial charge in [-0.1, -0.05) is 24.9 Å². The van der Waals surface area contributed by atoms with E-state index < -0.39 is 26.7 Å². The van der Waals surface area contributed by atoms with Gasteiger partial charge in [0, 0.05) is 10.4 Å². The van der Waals surface area contributed by atoms with Crippen molar-refractivity contribution in [1.82, 2.24) is 14.8 Å². The van der Waals surface area contributed by atoms with Gasteiger partial charge in [0.2, 0.25) is 5.43 Å². The van der Waals surface area contributed by atoms with Crippen LogP contribution in [0, 0.1) is 0 Å². The molecule has 27 heavy (non-hydrogen) atoms. The zero-order valence-electron chi connectivity index (χ0n) is 14.5. The normalized spacial score (nSPS) is 12.1. The molecule has 2 aromatic heterocycles. The van der Waals surface area contributed by atoms with Crippen LogP contribution >= 0.6 is 11.6 Å². The zero-order valence-corrected chi connectivity index (χ0v) is 16.1. The molecule has 144 valence electrons. The summed E-state index contributed by atoms with van der Waals surface area (Å²) >= 11 is 5.92. The fraction of sp³-hybridized carbons (Fsp3) is 0.353. The summed E-state index contributed by atoms with van der Waals surface area (Å²) in [6, 6.07) is 4.50. The Bertz CT molecular complexity index is 1250. The van der Waals surface area contributed by atoms with Gasteiger partial charge in [-0.25, -0.2) is 13.1 Å². The highest BCUT2D eigenvalue weighted by Crippen LogP contribution is 2.20. The van der Waals surface area contributed by atoms with Gasteiger partial charge in [-0.05, 0) is 24.6 Å². The number of rotatable bonds is 6. The number of nitrogens with one attached hydrogen (secondary N) is 1. The fourth-order valence-electron chi connectivity index (χ4n) is 2.82. The molecule has 10 heteroatoms. The number of H-pyrrole nitrogens is 1. The predicted molar refractivity (Wildman–Crippen MR) is 104 cm³/mol. The van der Waals surface area contributed by atoms with E-state index in [1.807, 2.05) is 6.92 Å². The summed E-state index contributed by atoms with van der Waals surface area (Å²) in [4.78, 5) is 28.2. The molecule has 0 unspecified atom stereocenters. The van der Waals surface area contributed by atoms with Crippen molar-refractivity contribution in [1.29, 1.82) is 0 Å². The van der Waals surface area contributed by atoms with Crippen molar-refractivity contribution in [3.8, 4) is 5.88 Å². The molecule has 0 fully saturated rings. The Morgan fingerprint density at radius 1 is 1.26 bits per heavy atom. The van der Waals surface area contributed by atoms with Gasteiger partial charge in [0.15, 0.2) is 9.84 Å². The first-order chi connectivity index (χ1) is 12.7. The van der Waals surface area contributed by atoms with Crippen LogP contribution in [0.3, 0.4) is 0 Å². The van der Waals surface area contributed by atoms with Gasteiger partial charge in [-0.15, -0.1) is 5.10 Å². The zero-order chi connectivity index (χ0) is 19.8. The van der Waals surface area contributed by atoms with Gasteiger partial charge in [-0.2, -0.15) is 0 Å². The summed E-state index contributed by atoms with van der Waals surface area (Å²) in [7, 11) is -3.36. The number of sulfone groups is 1. The van der Waals surface area contributed by atoms with Gasteiger partial charge in [0.25, 0.3) is 11.4 Å². The van der Waals surface area contributed by atoms with Gasteiger partial charge < -0.3 is 10.1 Å². The van der Waals surface area contributed by atoms with E-state index in [4.69, 9.17) is 11.6 Å². The highest BCUT2D eigenvalue weighted by Gasteiger charge is 2.18. The molecule has 0 saturated heterocycles. The van der Waals surface area contributed by atoms with Crippen molar-refractivity contribution in [2.24, 2.45) is 0 Å². The van der Waals surface area contributed by atoms with Gasteiger partial charge in [-0.3, -0.25) is 9.59 Å². The number of hydrogen-bond acceptors (Lipinski definition) is 6. The molecule has 0 saturated carbocycles. The molecule has 0 amide bonds. The quantitative estimate of drug-likeness (QED) is 0.596. The Hall–Kier alpha value is -2.39. The van der Waals surface area contributed by atoms with E-state index in [9.17, 15) is 23.1 Å². The monoisotopic (exact) mass is 411 g/mol. The Morgan fingerprint density at radius 2 is 2.00 bits per heavy atom. The van der Waals surface area contributed by atoms with Crippen LogP contribution in [0.2, 0.25) is 5.02 Å². The minimum Gasteiger partial charge on any atom is -0.491 e. The van der Waals surface area contributed by atoms with Crippen molar-refractivity contribution in [2.75, 3.05) is 11.5 Å². The van der Waals surface area contributed by atoms with Crippen LogP contribution < -0.4 is 11.0 Å². The number of aryl methyl sites for hydroxylation is 1. The number of nitrogens with zero attached hydrogens (tertiary/aromatic N) is 2. The molecule has 0 atom stereocenters. The molecule has 3 rings (SSSR count). The summed E-state index contributed by atoms with van der Waals surface area (Å²) < 4.78 is 24.8. The second-order valence-electron chi connectivity index (χ2n) is 6.25. The maximum absolute atomic E-state index is 12.7. The Balaban J connectivity index is 2.12. The van der Waals surface area contributed by atoms with Crippen molar-refractivity contribution in [3.63, 3.8) is 0 Å². The van der Waals surface area contributed by atoms with E-state index in [-0.39, 0.29) is 34.3 Å². The number of pyridine rings is 1. The lowest BCUT2D eigenvalue weighted by Gasteiger charge is -2.09. The maximum atomic E-state index is 12.7. The molecule has 8 nitrogen and oxygen atoms in total. The molecule has 3 aromatic rings. The summed E-state index contributed by atoms with van der Waals surface area (Å²) in [5.74, 6) is -0.843. The van der Waals surface area contributed by atoms with Crippen LogP contribution in [0.5, 0.6) is 5.88 Å². The van der Waals surface area contributed by atoms with Crippen molar-refractivity contribution < 1.29 is 13.5 Å². The molecule has 0 bridgehead atoms. The van der Waals surface area contributed by atoms with Gasteiger partial charge in [0.05, 0.1) is 23.6 Å². The van der Waals surface area contributed by atoms with E-state index in [1.54, 1.807) is 0 Å². The Labute approximate surface area is 159 Å². The largest absolute Gasteiger partial charge is 0.491 e. The van der Waals surface area contributed by atoms with Crippen LogP contribution in [0.15, 0.2) is 27.8 Å². The minimum atomic E-state index is -3.36. The summed E-state index contributed by atoms with van der Waals surface area (Å²) in [6.07, 6.45) is 1.27. The lowest BCUT2D eigenvalue weighted by molar-refractivity contribution is 0.428. The number of aromatic nitrogens is 3. The predicted octanol–water partition coefficient (Wildman–Crippen LogP) is 1.81. The average Bonchev–Trinajstić information content (AvgIpc) is 2.61. The Morgan fingerprint density at radius 3 is 2.70 bits per heavy atom. The summed E-state index contributed by atoms with van der Waals surface area (Å²) in [6.45, 7) is 1.64. The first-order valence-electron chi connectivity index (χ1n) is 8.39. The van der Waals surface area contributed by atoms with E-state index in [0.717, 1.165) is 11.1 Å². The smallest absolute Gasteiger partial charge is 0.280 e. The van der Waals surface area contributed by atoms with E-state index >= 15 is 0 Å². The highest BCUT2D eigenvalue weighted by atomic mass is 35.5. The van der Waals surface area contributed by atoms with Crippen LogP contribution in [0.1, 0.15) is 19.8 Å². The highest BCUT2D eigenvalue weighted by molar-refractivity contribution is 7.91. The molecule has 0 radical (unpaired) electrons. The fourth-order valence-corrected chi connectivity index (χ4v) is 4.37. The second-order valence-corrected chi connectivity index (χ2v) is 8.99. The average molecular weight is 412 g/mol. The van der Waals surface area contributed by atoms with Crippen LogP contribution in [0.4, 0.5) is 0 Å². The first kappa shape index (κ1) is 19.4. The van der Waals surface area contributed by atoms with Crippen molar-refractivity contribution in [3.05, 3.63) is 43.8 Å². The number of hydrogen-bond donors (Lipinski definition) is 2. The number of aromatic amines is 1. The van der Waals surface area contributed by atoms with E-state index in [0.29, 0.717) is 17.0 Å². The SMILES string of the molecule is CCCCS(=O)(=O)CCn1nc(O)c2[nH]c3cc(Cl)ccc3c(=O)c2c1=O. The third-order valence-electron chi connectivity index (χ3n) is 4.27. The number of aromatic hydroxyl groups is 1. The number of halogens is 1. The van der Waals surface area contributed by atoms with Crippen molar-refractivity contribution >= 4 is 43.2 Å². The molecular weight excluding hydrogens is 394 g/mol. The third kappa shape index (κ3) is 3.84. The molecule has 2 N–H and O–H groups in total. The molecule has 0 aliphatic heterocycles. The molecule has 0 aliphatic carbocycles. The second kappa shape index (κ2) is 7.32. The van der Waals surface area contributed by atoms with Crippen LogP contribution in [-0.2, 0) is 16.4 Å².